The Kier molecular flexibility index (Phi) is 5.42. The summed E-state index contributed by atoms with van der Waals surface area (Å²) in [5, 5.41) is 14.2. The van der Waals surface area contributed by atoms with Gasteiger partial charge in [0.15, 0.2) is 0 Å². The molecule has 1 aromatic carbocycles. The third-order valence-electron chi connectivity index (χ3n) is 4.34. The van der Waals surface area contributed by atoms with Crippen LogP contribution < -0.4 is 4.74 Å². The molecule has 26 heavy (non-hydrogen) atoms. The summed E-state index contributed by atoms with van der Waals surface area (Å²) in [6.07, 6.45) is 0.198. The molecule has 3 rings (SSSR count). The van der Waals surface area contributed by atoms with Crippen molar-refractivity contribution in [2.24, 2.45) is 0 Å². The third kappa shape index (κ3) is 3.96. The van der Waals surface area contributed by atoms with Gasteiger partial charge in [-0.1, -0.05) is 18.7 Å². The molecule has 0 spiro atoms. The van der Waals surface area contributed by atoms with Gasteiger partial charge in [-0.3, -0.25) is 9.48 Å². The van der Waals surface area contributed by atoms with E-state index < -0.39 is 6.10 Å². The van der Waals surface area contributed by atoms with E-state index in [9.17, 15) is 9.90 Å². The highest BCUT2D eigenvalue weighted by atomic mass is 16.5. The van der Waals surface area contributed by atoms with Gasteiger partial charge in [0.05, 0.1) is 29.6 Å². The first-order valence-corrected chi connectivity index (χ1v) is 8.86. The fourth-order valence-corrected chi connectivity index (χ4v) is 3.00. The van der Waals surface area contributed by atoms with Crippen molar-refractivity contribution in [2.45, 2.75) is 39.5 Å². The number of rotatable bonds is 5. The van der Waals surface area contributed by atoms with Gasteiger partial charge in [0.2, 0.25) is 0 Å². The molecule has 138 valence electrons. The molecular formula is C20H25N3O3. The number of carbonyl (C=O) groups excluding carboxylic acids is 1. The SMILES string of the molecule is C=C(C)COc1ccccc1C(=O)N1CCCn2nc([C@@H](C)O)cc2C1. The van der Waals surface area contributed by atoms with Crippen LogP contribution in [-0.4, -0.2) is 38.8 Å². The number of fused-ring (bicyclic) bond motifs is 1. The minimum Gasteiger partial charge on any atom is -0.488 e. The van der Waals surface area contributed by atoms with E-state index in [1.165, 1.54) is 0 Å². The van der Waals surface area contributed by atoms with E-state index in [2.05, 4.69) is 11.7 Å². The lowest BCUT2D eigenvalue weighted by Crippen LogP contribution is -2.31. The molecule has 0 aliphatic carbocycles. The zero-order valence-electron chi connectivity index (χ0n) is 15.3. The molecule has 1 amide bonds. The molecule has 6 heteroatoms. The Labute approximate surface area is 153 Å². The number of nitrogens with zero attached hydrogens (tertiary/aromatic N) is 3. The molecule has 2 heterocycles. The maximum Gasteiger partial charge on any atom is 0.257 e. The first-order chi connectivity index (χ1) is 12.5. The van der Waals surface area contributed by atoms with Gasteiger partial charge in [0, 0.05) is 13.1 Å². The molecule has 0 bridgehead atoms. The van der Waals surface area contributed by atoms with Gasteiger partial charge in [-0.25, -0.2) is 0 Å². The lowest BCUT2D eigenvalue weighted by Gasteiger charge is -2.21. The highest BCUT2D eigenvalue weighted by molar-refractivity contribution is 5.96. The molecule has 0 saturated carbocycles. The number of aliphatic hydroxyl groups excluding tert-OH is 1. The predicted octanol–water partition coefficient (Wildman–Crippen LogP) is 2.94. The van der Waals surface area contributed by atoms with Gasteiger partial charge < -0.3 is 14.7 Å². The van der Waals surface area contributed by atoms with Crippen LogP contribution in [0, 0.1) is 0 Å². The summed E-state index contributed by atoms with van der Waals surface area (Å²) in [5.74, 6) is 0.512. The molecule has 1 atom stereocenters. The highest BCUT2D eigenvalue weighted by Crippen LogP contribution is 2.24. The molecule has 1 aromatic heterocycles. The molecule has 1 N–H and O–H groups in total. The van der Waals surface area contributed by atoms with Crippen LogP contribution in [0.1, 0.15) is 48.1 Å². The van der Waals surface area contributed by atoms with Gasteiger partial charge in [0.25, 0.3) is 5.91 Å². The Morgan fingerprint density at radius 1 is 1.38 bits per heavy atom. The molecule has 0 radical (unpaired) electrons. The van der Waals surface area contributed by atoms with Crippen LogP contribution in [-0.2, 0) is 13.1 Å². The standard InChI is InChI=1S/C20H25N3O3/c1-14(2)13-26-19-8-5-4-7-17(19)20(25)22-9-6-10-23-16(12-22)11-18(21-23)15(3)24/h4-5,7-8,11,15,24H,1,6,9-10,12-13H2,2-3H3/t15-/m1/s1. The molecule has 6 nitrogen and oxygen atoms in total. The monoisotopic (exact) mass is 355 g/mol. The first kappa shape index (κ1) is 18.2. The number of amides is 1. The van der Waals surface area contributed by atoms with Gasteiger partial charge in [0.1, 0.15) is 12.4 Å². The minimum atomic E-state index is -0.616. The minimum absolute atomic E-state index is 0.0597. The van der Waals surface area contributed by atoms with E-state index in [4.69, 9.17) is 4.74 Å². The number of hydrogen-bond donors (Lipinski definition) is 1. The molecule has 0 saturated heterocycles. The Morgan fingerprint density at radius 2 is 2.15 bits per heavy atom. The van der Waals surface area contributed by atoms with Gasteiger partial charge in [-0.05, 0) is 44.0 Å². The van der Waals surface area contributed by atoms with E-state index >= 15 is 0 Å². The van der Waals surface area contributed by atoms with Crippen LogP contribution in [0.25, 0.3) is 0 Å². The maximum absolute atomic E-state index is 13.1. The Morgan fingerprint density at radius 3 is 2.88 bits per heavy atom. The quantitative estimate of drug-likeness (QED) is 0.838. The van der Waals surface area contributed by atoms with Gasteiger partial charge in [-0.15, -0.1) is 0 Å². The van der Waals surface area contributed by atoms with E-state index in [1.54, 1.807) is 13.0 Å². The number of aromatic nitrogens is 2. The molecule has 0 fully saturated rings. The van der Waals surface area contributed by atoms with Crippen LogP contribution in [0.4, 0.5) is 0 Å². The summed E-state index contributed by atoms with van der Waals surface area (Å²) < 4.78 is 7.64. The molecule has 0 unspecified atom stereocenters. The zero-order valence-corrected chi connectivity index (χ0v) is 15.3. The van der Waals surface area contributed by atoms with Crippen molar-refractivity contribution in [3.05, 3.63) is 59.4 Å². The largest absolute Gasteiger partial charge is 0.488 e. The number of para-hydroxylation sites is 1. The average Bonchev–Trinajstić information content (AvgIpc) is 2.92. The van der Waals surface area contributed by atoms with E-state index in [1.807, 2.05) is 40.8 Å². The second-order valence-electron chi connectivity index (χ2n) is 6.78. The Hall–Kier alpha value is -2.60. The fourth-order valence-electron chi connectivity index (χ4n) is 3.00. The van der Waals surface area contributed by atoms with Crippen LogP contribution in [0.15, 0.2) is 42.5 Å². The van der Waals surface area contributed by atoms with Crippen LogP contribution >= 0.6 is 0 Å². The van der Waals surface area contributed by atoms with E-state index in [-0.39, 0.29) is 5.91 Å². The lowest BCUT2D eigenvalue weighted by molar-refractivity contribution is 0.0741. The topological polar surface area (TPSA) is 67.6 Å². The second kappa shape index (κ2) is 7.74. The van der Waals surface area contributed by atoms with E-state index in [0.29, 0.717) is 36.7 Å². The summed E-state index contributed by atoms with van der Waals surface area (Å²) in [7, 11) is 0. The Bertz CT molecular complexity index is 810. The number of aryl methyl sites for hydroxylation is 1. The molecule has 1 aliphatic rings. The molecule has 2 aromatic rings. The number of carbonyl (C=O) groups is 1. The number of ether oxygens (including phenoxy) is 1. The zero-order chi connectivity index (χ0) is 18.7. The highest BCUT2D eigenvalue weighted by Gasteiger charge is 2.24. The number of benzene rings is 1. The smallest absolute Gasteiger partial charge is 0.257 e. The van der Waals surface area contributed by atoms with Crippen LogP contribution in [0.5, 0.6) is 5.75 Å². The van der Waals surface area contributed by atoms with Crippen molar-refractivity contribution >= 4 is 5.91 Å². The summed E-state index contributed by atoms with van der Waals surface area (Å²) in [6.45, 7) is 9.66. The average molecular weight is 355 g/mol. The predicted molar refractivity (Wildman–Crippen MR) is 99.0 cm³/mol. The summed E-state index contributed by atoms with van der Waals surface area (Å²) in [6, 6.07) is 9.18. The van der Waals surface area contributed by atoms with Gasteiger partial charge in [-0.2, -0.15) is 5.10 Å². The van der Waals surface area contributed by atoms with Crippen LogP contribution in [0.3, 0.4) is 0 Å². The second-order valence-corrected chi connectivity index (χ2v) is 6.78. The van der Waals surface area contributed by atoms with Crippen LogP contribution in [0.2, 0.25) is 0 Å². The molecule has 1 aliphatic heterocycles. The first-order valence-electron chi connectivity index (χ1n) is 8.86. The van der Waals surface area contributed by atoms with Crippen molar-refractivity contribution in [1.29, 1.82) is 0 Å². The fraction of sp³-hybridized carbons (Fsp3) is 0.400. The van der Waals surface area contributed by atoms with Crippen molar-refractivity contribution in [3.8, 4) is 5.75 Å². The number of aliphatic hydroxyl groups is 1. The Balaban J connectivity index is 1.82. The van der Waals surface area contributed by atoms with Crippen molar-refractivity contribution in [1.82, 2.24) is 14.7 Å². The summed E-state index contributed by atoms with van der Waals surface area (Å²) >= 11 is 0. The van der Waals surface area contributed by atoms with Crippen molar-refractivity contribution in [3.63, 3.8) is 0 Å². The maximum atomic E-state index is 13.1. The molecular weight excluding hydrogens is 330 g/mol. The summed E-state index contributed by atoms with van der Waals surface area (Å²) in [5.41, 5.74) is 3.03. The van der Waals surface area contributed by atoms with E-state index in [0.717, 1.165) is 24.2 Å². The van der Waals surface area contributed by atoms with Gasteiger partial charge >= 0.3 is 0 Å². The normalized spacial score (nSPS) is 15.1. The third-order valence-corrected chi connectivity index (χ3v) is 4.34. The number of hydrogen-bond acceptors (Lipinski definition) is 4. The lowest BCUT2D eigenvalue weighted by atomic mass is 10.1. The summed E-state index contributed by atoms with van der Waals surface area (Å²) in [4.78, 5) is 14.9. The van der Waals surface area contributed by atoms with Crippen molar-refractivity contribution in [2.75, 3.05) is 13.2 Å². The van der Waals surface area contributed by atoms with Crippen molar-refractivity contribution < 1.29 is 14.6 Å².